The van der Waals surface area contributed by atoms with Gasteiger partial charge in [-0.15, -0.1) is 10.6 Å². The van der Waals surface area contributed by atoms with Crippen molar-refractivity contribution in [1.29, 1.82) is 0 Å². The van der Waals surface area contributed by atoms with Gasteiger partial charge in [0.2, 0.25) is 0 Å². The maximum absolute atomic E-state index is 6.50. The van der Waals surface area contributed by atoms with E-state index in [9.17, 15) is 0 Å². The standard InChI is InChI=1S/C18H24O2S.C2H6/c1-5-19-21(20-18(2,3)4,16-12-8-6-9-13-16)17-14-10-7-11-15-17;1-2/h6-15H,5H2,1-4H3;1-2H3. The van der Waals surface area contributed by atoms with E-state index in [4.69, 9.17) is 8.37 Å². The van der Waals surface area contributed by atoms with Crippen molar-refractivity contribution in [2.75, 3.05) is 6.61 Å². The zero-order valence-corrected chi connectivity index (χ0v) is 16.0. The van der Waals surface area contributed by atoms with Gasteiger partial charge in [0.15, 0.2) is 0 Å². The molecule has 0 aromatic heterocycles. The summed E-state index contributed by atoms with van der Waals surface area (Å²) in [4.78, 5) is 2.18. The first kappa shape index (κ1) is 19.8. The Morgan fingerprint density at radius 1 is 0.783 bits per heavy atom. The SMILES string of the molecule is CC.CCOS(OC(C)(C)C)(c1ccccc1)c1ccccc1. The van der Waals surface area contributed by atoms with Crippen LogP contribution >= 0.6 is 10.6 Å². The van der Waals surface area contributed by atoms with Gasteiger partial charge in [-0.05, 0) is 52.0 Å². The second-order valence-electron chi connectivity index (χ2n) is 5.73. The van der Waals surface area contributed by atoms with Gasteiger partial charge in [-0.25, -0.2) is 0 Å². The van der Waals surface area contributed by atoms with Crippen molar-refractivity contribution in [2.45, 2.75) is 56.9 Å². The van der Waals surface area contributed by atoms with Crippen LogP contribution in [-0.4, -0.2) is 12.2 Å². The molecule has 0 saturated carbocycles. The van der Waals surface area contributed by atoms with Gasteiger partial charge in [0.25, 0.3) is 0 Å². The second-order valence-corrected chi connectivity index (χ2v) is 8.08. The Morgan fingerprint density at radius 2 is 1.17 bits per heavy atom. The third-order valence-electron chi connectivity index (χ3n) is 2.76. The topological polar surface area (TPSA) is 18.5 Å². The fourth-order valence-corrected chi connectivity index (χ4v) is 4.96. The average Bonchev–Trinajstić information content (AvgIpc) is 2.57. The Balaban J connectivity index is 0.00000127. The molecule has 0 aliphatic rings. The van der Waals surface area contributed by atoms with E-state index in [-0.39, 0.29) is 5.60 Å². The Hall–Kier alpha value is -1.29. The minimum Gasteiger partial charge on any atom is -0.275 e. The highest BCUT2D eigenvalue weighted by Crippen LogP contribution is 2.65. The van der Waals surface area contributed by atoms with Crippen LogP contribution in [0.4, 0.5) is 0 Å². The average molecular weight is 335 g/mol. The Labute approximate surface area is 143 Å². The molecule has 3 heteroatoms. The summed E-state index contributed by atoms with van der Waals surface area (Å²) in [6, 6.07) is 20.5. The molecule has 2 aromatic carbocycles. The monoisotopic (exact) mass is 334 g/mol. The number of hydrogen-bond donors (Lipinski definition) is 0. The van der Waals surface area contributed by atoms with Crippen molar-refractivity contribution >= 4 is 10.6 Å². The quantitative estimate of drug-likeness (QED) is 0.612. The molecular formula is C20H30O2S. The summed E-state index contributed by atoms with van der Waals surface area (Å²) >= 11 is 0. The third-order valence-corrected chi connectivity index (χ3v) is 5.85. The maximum Gasteiger partial charge on any atom is 0.0853 e. The summed E-state index contributed by atoms with van der Waals surface area (Å²) in [6.45, 7) is 12.8. The summed E-state index contributed by atoms with van der Waals surface area (Å²) in [5.41, 5.74) is -0.295. The molecule has 0 spiro atoms. The molecule has 0 N–H and O–H groups in total. The Morgan fingerprint density at radius 3 is 1.48 bits per heavy atom. The zero-order chi connectivity index (χ0) is 17.3. The van der Waals surface area contributed by atoms with Crippen molar-refractivity contribution in [1.82, 2.24) is 0 Å². The normalized spacial score (nSPS) is 12.3. The molecule has 0 saturated heterocycles. The minimum absolute atomic E-state index is 0.295. The first-order valence-corrected chi connectivity index (χ1v) is 9.75. The van der Waals surface area contributed by atoms with Crippen LogP contribution in [0.5, 0.6) is 0 Å². The van der Waals surface area contributed by atoms with Crippen molar-refractivity contribution in [2.24, 2.45) is 0 Å². The number of rotatable bonds is 5. The molecule has 0 unspecified atom stereocenters. The third kappa shape index (κ3) is 5.38. The highest BCUT2D eigenvalue weighted by Gasteiger charge is 2.31. The molecular weight excluding hydrogens is 304 g/mol. The molecule has 0 aliphatic carbocycles. The van der Waals surface area contributed by atoms with E-state index in [0.717, 1.165) is 9.79 Å². The fraction of sp³-hybridized carbons (Fsp3) is 0.400. The van der Waals surface area contributed by atoms with Crippen LogP contribution in [0.2, 0.25) is 0 Å². The summed E-state index contributed by atoms with van der Waals surface area (Å²) in [6.07, 6.45) is 0. The molecule has 0 fully saturated rings. The van der Waals surface area contributed by atoms with Gasteiger partial charge in [-0.2, -0.15) is 0 Å². The first-order chi connectivity index (χ1) is 11.0. The van der Waals surface area contributed by atoms with E-state index in [1.807, 2.05) is 57.2 Å². The van der Waals surface area contributed by atoms with Crippen molar-refractivity contribution in [3.8, 4) is 0 Å². The lowest BCUT2D eigenvalue weighted by Crippen LogP contribution is -2.24. The molecule has 0 radical (unpaired) electrons. The predicted octanol–water partition coefficient (Wildman–Crippen LogP) is 6.62. The van der Waals surface area contributed by atoms with E-state index in [1.54, 1.807) is 0 Å². The van der Waals surface area contributed by atoms with Crippen LogP contribution in [-0.2, 0) is 8.37 Å². The first-order valence-electron chi connectivity index (χ1n) is 8.26. The fourth-order valence-electron chi connectivity index (χ4n) is 2.11. The lowest BCUT2D eigenvalue weighted by molar-refractivity contribution is 0.125. The molecule has 2 rings (SSSR count). The van der Waals surface area contributed by atoms with E-state index in [0.29, 0.717) is 6.61 Å². The molecule has 0 aliphatic heterocycles. The van der Waals surface area contributed by atoms with E-state index >= 15 is 0 Å². The van der Waals surface area contributed by atoms with E-state index < -0.39 is 10.6 Å². The van der Waals surface area contributed by atoms with Crippen LogP contribution in [0.25, 0.3) is 0 Å². The highest BCUT2D eigenvalue weighted by molar-refractivity contribution is 8.26. The molecule has 0 heterocycles. The van der Waals surface area contributed by atoms with Gasteiger partial charge in [0.05, 0.1) is 22.0 Å². The van der Waals surface area contributed by atoms with Gasteiger partial charge in [-0.3, -0.25) is 8.37 Å². The van der Waals surface area contributed by atoms with Crippen LogP contribution in [0, 0.1) is 0 Å². The van der Waals surface area contributed by atoms with Gasteiger partial charge in [-0.1, -0.05) is 50.2 Å². The predicted molar refractivity (Wildman–Crippen MR) is 101 cm³/mol. The number of hydrogen-bond acceptors (Lipinski definition) is 2. The highest BCUT2D eigenvalue weighted by atomic mass is 32.3. The summed E-state index contributed by atoms with van der Waals surface area (Å²) in [5, 5.41) is 0. The van der Waals surface area contributed by atoms with Gasteiger partial charge in [0.1, 0.15) is 0 Å². The van der Waals surface area contributed by atoms with E-state index in [2.05, 4.69) is 45.0 Å². The largest absolute Gasteiger partial charge is 0.275 e. The van der Waals surface area contributed by atoms with E-state index in [1.165, 1.54) is 0 Å². The van der Waals surface area contributed by atoms with Gasteiger partial charge in [0, 0.05) is 0 Å². The zero-order valence-electron chi connectivity index (χ0n) is 15.2. The second kappa shape index (κ2) is 9.11. The van der Waals surface area contributed by atoms with Crippen molar-refractivity contribution in [3.05, 3.63) is 60.7 Å². The molecule has 0 atom stereocenters. The van der Waals surface area contributed by atoms with Crippen molar-refractivity contribution in [3.63, 3.8) is 0 Å². The van der Waals surface area contributed by atoms with Crippen LogP contribution in [0.1, 0.15) is 41.5 Å². The van der Waals surface area contributed by atoms with Gasteiger partial charge >= 0.3 is 0 Å². The molecule has 128 valence electrons. The summed E-state index contributed by atoms with van der Waals surface area (Å²) in [5.74, 6) is 0. The smallest absolute Gasteiger partial charge is 0.0853 e. The maximum atomic E-state index is 6.50. The minimum atomic E-state index is -1.96. The Bertz CT molecular complexity index is 507. The van der Waals surface area contributed by atoms with Gasteiger partial charge < -0.3 is 0 Å². The molecule has 23 heavy (non-hydrogen) atoms. The lowest BCUT2D eigenvalue weighted by Gasteiger charge is -2.47. The molecule has 0 amide bonds. The molecule has 0 bridgehead atoms. The molecule has 2 nitrogen and oxygen atoms in total. The van der Waals surface area contributed by atoms with Crippen molar-refractivity contribution < 1.29 is 8.37 Å². The Kier molecular flexibility index (Phi) is 7.83. The van der Waals surface area contributed by atoms with Crippen LogP contribution in [0.15, 0.2) is 70.5 Å². The van der Waals surface area contributed by atoms with Crippen LogP contribution in [0.3, 0.4) is 0 Å². The van der Waals surface area contributed by atoms with Crippen LogP contribution < -0.4 is 0 Å². The lowest BCUT2D eigenvalue weighted by atomic mass is 10.2. The summed E-state index contributed by atoms with van der Waals surface area (Å²) in [7, 11) is -1.96. The molecule has 2 aromatic rings. The summed E-state index contributed by atoms with van der Waals surface area (Å²) < 4.78 is 12.7. The number of benzene rings is 2.